The van der Waals surface area contributed by atoms with E-state index in [9.17, 15) is 0 Å². The molecule has 0 amide bonds. The number of methoxy groups -OCH3 is 1. The molecular weight excluding hydrogens is 188 g/mol. The van der Waals surface area contributed by atoms with Crippen molar-refractivity contribution < 1.29 is 4.74 Å². The van der Waals surface area contributed by atoms with Gasteiger partial charge in [-0.15, -0.1) is 0 Å². The monoisotopic (exact) mass is 202 g/mol. The first-order valence-corrected chi connectivity index (χ1v) is 5.01. The number of ether oxygens (including phenoxy) is 1. The van der Waals surface area contributed by atoms with Crippen LogP contribution in [0.4, 0.5) is 0 Å². The Morgan fingerprint density at radius 2 is 2.47 bits per heavy atom. The molecule has 0 spiro atoms. The molecule has 1 aromatic heterocycles. The van der Waals surface area contributed by atoms with E-state index in [0.717, 1.165) is 12.8 Å². The highest BCUT2D eigenvalue weighted by molar-refractivity contribution is 5.66. The number of rotatable bonds is 3. The Labute approximate surface area is 89.5 Å². The minimum Gasteiger partial charge on any atom is -0.375 e. The molecule has 3 heteroatoms. The summed E-state index contributed by atoms with van der Waals surface area (Å²) in [6.07, 6.45) is 9.40. The van der Waals surface area contributed by atoms with Crippen molar-refractivity contribution >= 4 is 6.21 Å². The smallest absolute Gasteiger partial charge is 0.0959 e. The molecule has 0 fully saturated rings. The highest BCUT2D eigenvalue weighted by atomic mass is 16.5. The molecule has 0 aromatic carbocycles. The zero-order valence-electron chi connectivity index (χ0n) is 8.76. The van der Waals surface area contributed by atoms with Crippen LogP contribution < -0.4 is 0 Å². The fourth-order valence-electron chi connectivity index (χ4n) is 1.64. The molecule has 0 saturated carbocycles. The summed E-state index contributed by atoms with van der Waals surface area (Å²) in [5, 5.41) is 0. The Morgan fingerprint density at radius 3 is 3.20 bits per heavy atom. The van der Waals surface area contributed by atoms with Gasteiger partial charge in [-0.2, -0.15) is 0 Å². The quantitative estimate of drug-likeness (QED) is 0.751. The number of hydrogen-bond donors (Lipinski definition) is 0. The summed E-state index contributed by atoms with van der Waals surface area (Å²) >= 11 is 0. The second-order valence-corrected chi connectivity index (χ2v) is 3.60. The molecule has 15 heavy (non-hydrogen) atoms. The van der Waals surface area contributed by atoms with E-state index in [1.807, 2.05) is 24.7 Å². The Hall–Kier alpha value is -1.48. The summed E-state index contributed by atoms with van der Waals surface area (Å²) in [6.45, 7) is 0. The van der Waals surface area contributed by atoms with Gasteiger partial charge in [0.15, 0.2) is 0 Å². The summed E-state index contributed by atoms with van der Waals surface area (Å²) in [5.74, 6) is 0. The van der Waals surface area contributed by atoms with E-state index in [2.05, 4.69) is 16.0 Å². The number of hydrogen-bond acceptors (Lipinski definition) is 3. The molecule has 3 nitrogen and oxygen atoms in total. The van der Waals surface area contributed by atoms with Gasteiger partial charge in [0.2, 0.25) is 0 Å². The molecule has 1 aliphatic heterocycles. The van der Waals surface area contributed by atoms with Gasteiger partial charge in [-0.25, -0.2) is 0 Å². The molecule has 0 aliphatic carbocycles. The average molecular weight is 202 g/mol. The van der Waals surface area contributed by atoms with Crippen LogP contribution in [0, 0.1) is 0 Å². The molecule has 0 saturated heterocycles. The molecule has 1 unspecified atom stereocenters. The van der Waals surface area contributed by atoms with Crippen LogP contribution in [0.1, 0.15) is 12.0 Å². The Balaban J connectivity index is 2.01. The highest BCUT2D eigenvalue weighted by Crippen LogP contribution is 2.16. The van der Waals surface area contributed by atoms with Gasteiger partial charge >= 0.3 is 0 Å². The molecule has 0 radical (unpaired) electrons. The van der Waals surface area contributed by atoms with Gasteiger partial charge in [0.05, 0.1) is 6.10 Å². The van der Waals surface area contributed by atoms with Crippen molar-refractivity contribution in [1.29, 1.82) is 0 Å². The summed E-state index contributed by atoms with van der Waals surface area (Å²) in [7, 11) is 1.71. The topological polar surface area (TPSA) is 34.5 Å². The maximum Gasteiger partial charge on any atom is 0.0959 e. The summed E-state index contributed by atoms with van der Waals surface area (Å²) < 4.78 is 5.25. The molecule has 1 aromatic rings. The van der Waals surface area contributed by atoms with E-state index >= 15 is 0 Å². The molecule has 78 valence electrons. The average Bonchev–Trinajstić information content (AvgIpc) is 2.31. The molecule has 2 rings (SSSR count). The van der Waals surface area contributed by atoms with Crippen molar-refractivity contribution in [3.63, 3.8) is 0 Å². The highest BCUT2D eigenvalue weighted by Gasteiger charge is 2.11. The maximum absolute atomic E-state index is 5.25. The van der Waals surface area contributed by atoms with Gasteiger partial charge in [-0.3, -0.25) is 9.98 Å². The molecule has 0 N–H and O–H groups in total. The lowest BCUT2D eigenvalue weighted by Crippen LogP contribution is -2.16. The normalized spacial score (nSPS) is 20.1. The fraction of sp³-hybridized carbons (Fsp3) is 0.333. The van der Waals surface area contributed by atoms with Crippen LogP contribution in [-0.4, -0.2) is 24.4 Å². The SMILES string of the molecule is COC1C=NC=C(Cc2cccnc2)C1. The standard InChI is InChI=1S/C12H14N2O/c1-15-12-6-11(8-14-9-12)5-10-3-2-4-13-7-10/h2-4,7-9,12H,5-6H2,1H3. The Bertz CT molecular complexity index is 370. The summed E-state index contributed by atoms with van der Waals surface area (Å²) in [6, 6.07) is 4.03. The molecule has 0 bridgehead atoms. The number of aromatic nitrogens is 1. The minimum atomic E-state index is 0.127. The zero-order valence-corrected chi connectivity index (χ0v) is 8.76. The van der Waals surface area contributed by atoms with Crippen LogP contribution in [0.3, 0.4) is 0 Å². The third kappa shape index (κ3) is 2.73. The van der Waals surface area contributed by atoms with Crippen LogP contribution in [-0.2, 0) is 11.2 Å². The van der Waals surface area contributed by atoms with Crippen LogP contribution in [0.5, 0.6) is 0 Å². The second-order valence-electron chi connectivity index (χ2n) is 3.60. The van der Waals surface area contributed by atoms with E-state index in [0.29, 0.717) is 0 Å². The third-order valence-corrected chi connectivity index (χ3v) is 2.43. The van der Waals surface area contributed by atoms with E-state index in [4.69, 9.17) is 4.74 Å². The van der Waals surface area contributed by atoms with Crippen molar-refractivity contribution in [3.8, 4) is 0 Å². The molecule has 2 heterocycles. The fourth-order valence-corrected chi connectivity index (χ4v) is 1.64. The first kappa shape index (κ1) is 10.1. The van der Waals surface area contributed by atoms with Gasteiger partial charge in [0, 0.05) is 38.3 Å². The number of nitrogens with zero attached hydrogens (tertiary/aromatic N) is 2. The first-order valence-electron chi connectivity index (χ1n) is 5.01. The van der Waals surface area contributed by atoms with Gasteiger partial charge in [-0.1, -0.05) is 6.07 Å². The van der Waals surface area contributed by atoms with Gasteiger partial charge < -0.3 is 4.74 Å². The zero-order chi connectivity index (χ0) is 10.5. The van der Waals surface area contributed by atoms with E-state index in [1.54, 1.807) is 13.3 Å². The molecular formula is C12H14N2O. The minimum absolute atomic E-state index is 0.127. The van der Waals surface area contributed by atoms with Crippen LogP contribution in [0.25, 0.3) is 0 Å². The Kier molecular flexibility index (Phi) is 3.25. The number of aliphatic imine (C=N–C) groups is 1. The van der Waals surface area contributed by atoms with Gasteiger partial charge in [-0.05, 0) is 23.6 Å². The van der Waals surface area contributed by atoms with Crippen LogP contribution in [0.15, 0.2) is 41.3 Å². The largest absolute Gasteiger partial charge is 0.375 e. The predicted molar refractivity (Wildman–Crippen MR) is 59.9 cm³/mol. The van der Waals surface area contributed by atoms with Crippen molar-refractivity contribution in [2.45, 2.75) is 18.9 Å². The molecule has 1 aliphatic rings. The van der Waals surface area contributed by atoms with Gasteiger partial charge in [0.1, 0.15) is 0 Å². The van der Waals surface area contributed by atoms with Crippen LogP contribution in [0.2, 0.25) is 0 Å². The van der Waals surface area contributed by atoms with Crippen molar-refractivity contribution in [3.05, 3.63) is 41.9 Å². The lowest BCUT2D eigenvalue weighted by Gasteiger charge is -2.15. The lowest BCUT2D eigenvalue weighted by molar-refractivity contribution is 0.158. The van der Waals surface area contributed by atoms with E-state index in [-0.39, 0.29) is 6.10 Å². The van der Waals surface area contributed by atoms with Gasteiger partial charge in [0.25, 0.3) is 0 Å². The predicted octanol–water partition coefficient (Wildman–Crippen LogP) is 2.00. The van der Waals surface area contributed by atoms with E-state index in [1.165, 1.54) is 11.1 Å². The lowest BCUT2D eigenvalue weighted by atomic mass is 10.0. The van der Waals surface area contributed by atoms with Crippen molar-refractivity contribution in [2.75, 3.05) is 7.11 Å². The second kappa shape index (κ2) is 4.84. The number of pyridine rings is 1. The third-order valence-electron chi connectivity index (χ3n) is 2.43. The first-order chi connectivity index (χ1) is 7.38. The summed E-state index contributed by atoms with van der Waals surface area (Å²) in [4.78, 5) is 8.27. The van der Waals surface area contributed by atoms with E-state index < -0.39 is 0 Å². The van der Waals surface area contributed by atoms with Crippen molar-refractivity contribution in [1.82, 2.24) is 4.98 Å². The maximum atomic E-state index is 5.25. The van der Waals surface area contributed by atoms with Crippen LogP contribution >= 0.6 is 0 Å². The van der Waals surface area contributed by atoms with Crippen molar-refractivity contribution in [2.24, 2.45) is 4.99 Å². The summed E-state index contributed by atoms with van der Waals surface area (Å²) in [5.41, 5.74) is 2.51. The Morgan fingerprint density at radius 1 is 1.53 bits per heavy atom. The molecule has 1 atom stereocenters.